The van der Waals surface area contributed by atoms with Crippen LogP contribution in [0.15, 0.2) is 35.6 Å². The highest BCUT2D eigenvalue weighted by Crippen LogP contribution is 2.29. The molecule has 0 saturated heterocycles. The zero-order valence-electron chi connectivity index (χ0n) is 7.13. The summed E-state index contributed by atoms with van der Waals surface area (Å²) in [7, 11) is 0. The Kier molecular flexibility index (Phi) is 2.48. The van der Waals surface area contributed by atoms with E-state index in [-0.39, 0.29) is 11.5 Å². The van der Waals surface area contributed by atoms with E-state index in [4.69, 9.17) is 0 Å². The summed E-state index contributed by atoms with van der Waals surface area (Å²) in [5.41, 5.74) is 1.38. The fourth-order valence-electron chi connectivity index (χ4n) is 1.38. The van der Waals surface area contributed by atoms with Gasteiger partial charge in [0.05, 0.1) is 5.57 Å². The first kappa shape index (κ1) is 8.78. The van der Waals surface area contributed by atoms with Gasteiger partial charge in [-0.2, -0.15) is 0 Å². The van der Waals surface area contributed by atoms with Crippen LogP contribution in [0.25, 0.3) is 0 Å². The maximum Gasteiger partial charge on any atom is 0.167 e. The van der Waals surface area contributed by atoms with Crippen molar-refractivity contribution in [3.8, 4) is 0 Å². The topological polar surface area (TPSA) is 37.3 Å². The predicted molar refractivity (Wildman–Crippen MR) is 47.8 cm³/mol. The van der Waals surface area contributed by atoms with Gasteiger partial charge in [-0.15, -0.1) is 0 Å². The fourth-order valence-corrected chi connectivity index (χ4v) is 1.38. The van der Waals surface area contributed by atoms with Gasteiger partial charge in [-0.3, -0.25) is 4.79 Å². The number of allylic oxidation sites excluding steroid dienone is 4. The molecular weight excluding hydrogens is 152 g/mol. The summed E-state index contributed by atoms with van der Waals surface area (Å²) in [5.74, 6) is 0.0195. The van der Waals surface area contributed by atoms with Crippen LogP contribution < -0.4 is 0 Å². The monoisotopic (exact) mass is 164 g/mol. The summed E-state index contributed by atoms with van der Waals surface area (Å²) in [5, 5.41) is 9.33. The Balaban J connectivity index is 3.16. The number of carbonyl (C=O) groups excluding carboxylic acids is 1. The van der Waals surface area contributed by atoms with E-state index >= 15 is 0 Å². The van der Waals surface area contributed by atoms with Gasteiger partial charge < -0.3 is 5.11 Å². The van der Waals surface area contributed by atoms with Gasteiger partial charge in [0.1, 0.15) is 5.76 Å². The van der Waals surface area contributed by atoms with Gasteiger partial charge in [0.15, 0.2) is 5.78 Å². The van der Waals surface area contributed by atoms with Crippen molar-refractivity contribution in [3.05, 3.63) is 35.6 Å². The van der Waals surface area contributed by atoms with Crippen LogP contribution in [-0.4, -0.2) is 10.9 Å². The number of hydrogen-bond acceptors (Lipinski definition) is 2. The molecule has 12 heavy (non-hydrogen) atoms. The second kappa shape index (κ2) is 3.39. The van der Waals surface area contributed by atoms with Crippen LogP contribution in [0.2, 0.25) is 0 Å². The van der Waals surface area contributed by atoms with E-state index in [1.807, 2.05) is 13.0 Å². The van der Waals surface area contributed by atoms with Gasteiger partial charge in [0, 0.05) is 6.42 Å². The van der Waals surface area contributed by atoms with E-state index in [0.717, 1.165) is 12.0 Å². The molecule has 1 fully saturated rings. The van der Waals surface area contributed by atoms with Crippen molar-refractivity contribution in [1.82, 2.24) is 0 Å². The SMILES string of the molecule is C=C/C(O)=C1/C(=O)CC/C1=C/C. The molecule has 0 spiro atoms. The van der Waals surface area contributed by atoms with Gasteiger partial charge in [-0.05, 0) is 25.0 Å². The van der Waals surface area contributed by atoms with Crippen LogP contribution in [0.3, 0.4) is 0 Å². The predicted octanol–water partition coefficient (Wildman–Crippen LogP) is 2.29. The Bertz CT molecular complexity index is 282. The summed E-state index contributed by atoms with van der Waals surface area (Å²) in [4.78, 5) is 11.2. The molecule has 1 rings (SSSR count). The lowest BCUT2D eigenvalue weighted by Gasteiger charge is -1.99. The summed E-state index contributed by atoms with van der Waals surface area (Å²) in [6.07, 6.45) is 4.41. The Labute approximate surface area is 71.9 Å². The number of rotatable bonds is 1. The van der Waals surface area contributed by atoms with E-state index in [2.05, 4.69) is 6.58 Å². The first-order valence-electron chi connectivity index (χ1n) is 3.95. The molecule has 0 aliphatic heterocycles. The Morgan fingerprint density at radius 2 is 2.25 bits per heavy atom. The number of Topliss-reactive ketones (excluding diaryl/α,β-unsaturated/α-hetero) is 1. The van der Waals surface area contributed by atoms with Crippen molar-refractivity contribution in [2.24, 2.45) is 0 Å². The van der Waals surface area contributed by atoms with Gasteiger partial charge in [0.25, 0.3) is 0 Å². The second-order valence-corrected chi connectivity index (χ2v) is 2.70. The van der Waals surface area contributed by atoms with Gasteiger partial charge in [-0.25, -0.2) is 0 Å². The first-order valence-corrected chi connectivity index (χ1v) is 3.95. The average Bonchev–Trinajstić information content (AvgIpc) is 2.45. The van der Waals surface area contributed by atoms with Gasteiger partial charge in [0.2, 0.25) is 0 Å². The summed E-state index contributed by atoms with van der Waals surface area (Å²) >= 11 is 0. The lowest BCUT2D eigenvalue weighted by Crippen LogP contribution is -1.96. The quantitative estimate of drug-likeness (QED) is 0.477. The molecule has 1 saturated carbocycles. The van der Waals surface area contributed by atoms with Crippen LogP contribution >= 0.6 is 0 Å². The molecule has 0 aromatic heterocycles. The van der Waals surface area contributed by atoms with Crippen molar-refractivity contribution in [3.63, 3.8) is 0 Å². The third kappa shape index (κ3) is 1.33. The van der Waals surface area contributed by atoms with Crippen molar-refractivity contribution >= 4 is 5.78 Å². The molecule has 2 nitrogen and oxygen atoms in total. The number of ketones is 1. The number of aliphatic hydroxyl groups is 1. The molecule has 0 aromatic carbocycles. The maximum absolute atomic E-state index is 11.2. The molecule has 2 heteroatoms. The molecule has 0 aromatic rings. The number of hydrogen-bond donors (Lipinski definition) is 1. The third-order valence-corrected chi connectivity index (χ3v) is 2.02. The van der Waals surface area contributed by atoms with Crippen molar-refractivity contribution in [2.45, 2.75) is 19.8 Å². The highest BCUT2D eigenvalue weighted by Gasteiger charge is 2.24. The summed E-state index contributed by atoms with van der Waals surface area (Å²) in [6, 6.07) is 0. The zero-order valence-corrected chi connectivity index (χ0v) is 7.13. The van der Waals surface area contributed by atoms with E-state index in [1.165, 1.54) is 6.08 Å². The summed E-state index contributed by atoms with van der Waals surface area (Å²) < 4.78 is 0. The second-order valence-electron chi connectivity index (χ2n) is 2.70. The largest absolute Gasteiger partial charge is 0.507 e. The minimum atomic E-state index is 0.00519. The standard InChI is InChI=1S/C10H12O2/c1-3-7-5-6-9(12)10(7)8(11)4-2/h3-4,11H,2,5-6H2,1H3/b7-3-,10-8-. The smallest absolute Gasteiger partial charge is 0.167 e. The highest BCUT2D eigenvalue weighted by atomic mass is 16.3. The minimum absolute atomic E-state index is 0.00519. The van der Waals surface area contributed by atoms with E-state index in [0.29, 0.717) is 12.0 Å². The summed E-state index contributed by atoms with van der Waals surface area (Å²) in [6.45, 7) is 5.29. The zero-order chi connectivity index (χ0) is 9.14. The van der Waals surface area contributed by atoms with Crippen LogP contribution in [0, 0.1) is 0 Å². The van der Waals surface area contributed by atoms with Gasteiger partial charge in [-0.1, -0.05) is 12.7 Å². The fraction of sp³-hybridized carbons (Fsp3) is 0.300. The molecule has 0 bridgehead atoms. The molecular formula is C10H12O2. The molecule has 0 unspecified atom stereocenters. The maximum atomic E-state index is 11.2. The van der Waals surface area contributed by atoms with Crippen molar-refractivity contribution in [1.29, 1.82) is 0 Å². The molecule has 0 atom stereocenters. The number of carbonyl (C=O) groups is 1. The van der Waals surface area contributed by atoms with Crippen LogP contribution in [-0.2, 0) is 4.79 Å². The molecule has 0 heterocycles. The third-order valence-electron chi connectivity index (χ3n) is 2.02. The lowest BCUT2D eigenvalue weighted by atomic mass is 10.1. The Morgan fingerprint density at radius 3 is 2.75 bits per heavy atom. The van der Waals surface area contributed by atoms with Crippen molar-refractivity contribution in [2.75, 3.05) is 0 Å². The van der Waals surface area contributed by atoms with E-state index < -0.39 is 0 Å². The normalized spacial score (nSPS) is 24.8. The van der Waals surface area contributed by atoms with E-state index in [1.54, 1.807) is 0 Å². The highest BCUT2D eigenvalue weighted by molar-refractivity contribution is 6.03. The van der Waals surface area contributed by atoms with Crippen LogP contribution in [0.4, 0.5) is 0 Å². The molecule has 1 N–H and O–H groups in total. The van der Waals surface area contributed by atoms with Crippen molar-refractivity contribution < 1.29 is 9.90 Å². The Morgan fingerprint density at radius 1 is 1.58 bits per heavy atom. The Hall–Kier alpha value is -1.31. The van der Waals surface area contributed by atoms with Crippen LogP contribution in [0.1, 0.15) is 19.8 Å². The molecule has 0 radical (unpaired) electrons. The molecule has 0 amide bonds. The molecule has 1 aliphatic carbocycles. The minimum Gasteiger partial charge on any atom is -0.507 e. The van der Waals surface area contributed by atoms with Gasteiger partial charge >= 0.3 is 0 Å². The first-order chi connectivity index (χ1) is 5.70. The lowest BCUT2D eigenvalue weighted by molar-refractivity contribution is -0.114. The molecule has 64 valence electrons. The molecule has 1 aliphatic rings. The van der Waals surface area contributed by atoms with Crippen LogP contribution in [0.5, 0.6) is 0 Å². The van der Waals surface area contributed by atoms with E-state index in [9.17, 15) is 9.90 Å². The average molecular weight is 164 g/mol. The number of aliphatic hydroxyl groups excluding tert-OH is 1.